The van der Waals surface area contributed by atoms with Gasteiger partial charge < -0.3 is 15.7 Å². The summed E-state index contributed by atoms with van der Waals surface area (Å²) in [6.07, 6.45) is 2.51. The molecule has 0 aliphatic heterocycles. The highest BCUT2D eigenvalue weighted by atomic mass is 16.4. The molecule has 2 amide bonds. The highest BCUT2D eigenvalue weighted by molar-refractivity contribution is 5.96. The fraction of sp³-hybridized carbons (Fsp3) is 0.250. The monoisotopic (exact) mass is 352 g/mol. The summed E-state index contributed by atoms with van der Waals surface area (Å²) in [5.74, 6) is -0.965. The number of aromatic carboxylic acids is 1. The Morgan fingerprint density at radius 2 is 1.54 bits per heavy atom. The lowest BCUT2D eigenvalue weighted by Gasteiger charge is -2.08. The van der Waals surface area contributed by atoms with E-state index in [1.807, 2.05) is 0 Å². The number of hydrogen-bond donors (Lipinski definition) is 3. The Kier molecular flexibility index (Phi) is 5.31. The van der Waals surface area contributed by atoms with Crippen LogP contribution in [0.1, 0.15) is 39.1 Å². The number of benzene rings is 2. The largest absolute Gasteiger partial charge is 0.478 e. The van der Waals surface area contributed by atoms with Crippen molar-refractivity contribution in [1.82, 2.24) is 5.32 Å². The van der Waals surface area contributed by atoms with Crippen molar-refractivity contribution in [2.24, 2.45) is 5.92 Å². The zero-order valence-electron chi connectivity index (χ0n) is 14.2. The van der Waals surface area contributed by atoms with Gasteiger partial charge in [-0.05, 0) is 61.2 Å². The Bertz CT molecular complexity index is 809. The van der Waals surface area contributed by atoms with Crippen LogP contribution in [0.4, 0.5) is 5.69 Å². The van der Waals surface area contributed by atoms with E-state index in [0.717, 1.165) is 18.4 Å². The molecule has 0 saturated heterocycles. The molecule has 0 unspecified atom stereocenters. The van der Waals surface area contributed by atoms with Gasteiger partial charge in [0.25, 0.3) is 5.91 Å². The third-order valence-electron chi connectivity index (χ3n) is 4.26. The molecule has 1 fully saturated rings. The Hall–Kier alpha value is -3.15. The average Bonchev–Trinajstić information content (AvgIpc) is 3.48. The minimum absolute atomic E-state index is 0.0381. The van der Waals surface area contributed by atoms with Crippen LogP contribution in [-0.4, -0.2) is 29.4 Å². The summed E-state index contributed by atoms with van der Waals surface area (Å²) in [5.41, 5.74) is 2.41. The van der Waals surface area contributed by atoms with Crippen molar-refractivity contribution in [3.63, 3.8) is 0 Å². The maximum Gasteiger partial charge on any atom is 0.335 e. The fourth-order valence-electron chi connectivity index (χ4n) is 2.53. The molecular formula is C20H20N2O4. The molecule has 2 aromatic carbocycles. The zero-order chi connectivity index (χ0) is 18.5. The first-order chi connectivity index (χ1) is 12.5. The summed E-state index contributed by atoms with van der Waals surface area (Å²) >= 11 is 0. The first-order valence-corrected chi connectivity index (χ1v) is 8.54. The van der Waals surface area contributed by atoms with Crippen molar-refractivity contribution < 1.29 is 19.5 Å². The van der Waals surface area contributed by atoms with E-state index in [1.165, 1.54) is 0 Å². The number of anilines is 1. The van der Waals surface area contributed by atoms with E-state index >= 15 is 0 Å². The first kappa shape index (κ1) is 17.7. The Morgan fingerprint density at radius 3 is 2.12 bits per heavy atom. The number of carbonyl (C=O) groups excluding carboxylic acids is 2. The summed E-state index contributed by atoms with van der Waals surface area (Å²) < 4.78 is 0. The van der Waals surface area contributed by atoms with Crippen molar-refractivity contribution in [1.29, 1.82) is 0 Å². The second kappa shape index (κ2) is 7.82. The smallest absolute Gasteiger partial charge is 0.335 e. The minimum Gasteiger partial charge on any atom is -0.478 e. The second-order valence-electron chi connectivity index (χ2n) is 6.35. The van der Waals surface area contributed by atoms with Crippen LogP contribution in [0.25, 0.3) is 0 Å². The quantitative estimate of drug-likeness (QED) is 0.714. The third-order valence-corrected chi connectivity index (χ3v) is 4.26. The van der Waals surface area contributed by atoms with Crippen molar-refractivity contribution in [2.75, 3.05) is 11.9 Å². The third kappa shape index (κ3) is 4.69. The number of nitrogens with one attached hydrogen (secondary N) is 2. The number of carboxylic acid groups (broad SMARTS) is 1. The molecular weight excluding hydrogens is 332 g/mol. The van der Waals surface area contributed by atoms with E-state index in [2.05, 4.69) is 10.6 Å². The van der Waals surface area contributed by atoms with Crippen LogP contribution in [0.15, 0.2) is 48.5 Å². The average molecular weight is 352 g/mol. The van der Waals surface area contributed by atoms with Crippen LogP contribution in [0.3, 0.4) is 0 Å². The van der Waals surface area contributed by atoms with Crippen LogP contribution in [-0.2, 0) is 11.2 Å². The van der Waals surface area contributed by atoms with Gasteiger partial charge in [0.05, 0.1) is 5.56 Å². The van der Waals surface area contributed by atoms with Gasteiger partial charge in [0, 0.05) is 23.7 Å². The highest BCUT2D eigenvalue weighted by Gasteiger charge is 2.29. The summed E-state index contributed by atoms with van der Waals surface area (Å²) in [6, 6.07) is 13.4. The molecule has 3 N–H and O–H groups in total. The van der Waals surface area contributed by atoms with Crippen LogP contribution in [0.5, 0.6) is 0 Å². The Labute approximate surface area is 151 Å². The molecule has 2 aromatic rings. The van der Waals surface area contributed by atoms with Crippen LogP contribution in [0.2, 0.25) is 0 Å². The van der Waals surface area contributed by atoms with Crippen molar-refractivity contribution in [3.8, 4) is 0 Å². The summed E-state index contributed by atoms with van der Waals surface area (Å²) in [4.78, 5) is 34.7. The lowest BCUT2D eigenvalue weighted by atomic mass is 10.1. The standard InChI is InChI=1S/C20H20N2O4/c23-18(21-12-11-13-1-3-16(4-2-13)20(25)26)14-7-9-17(10-8-14)22-19(24)15-5-6-15/h1-4,7-10,15H,5-6,11-12H2,(H,21,23)(H,22,24)(H,25,26). The molecule has 1 aliphatic carbocycles. The lowest BCUT2D eigenvalue weighted by molar-refractivity contribution is -0.117. The van der Waals surface area contributed by atoms with Crippen molar-refractivity contribution in [3.05, 3.63) is 65.2 Å². The van der Waals surface area contributed by atoms with Gasteiger partial charge in [-0.2, -0.15) is 0 Å². The van der Waals surface area contributed by atoms with Gasteiger partial charge in [-0.1, -0.05) is 12.1 Å². The maximum atomic E-state index is 12.2. The van der Waals surface area contributed by atoms with E-state index in [4.69, 9.17) is 5.11 Å². The normalized spacial score (nSPS) is 13.1. The Balaban J connectivity index is 1.46. The molecule has 6 heteroatoms. The zero-order valence-corrected chi connectivity index (χ0v) is 14.2. The van der Waals surface area contributed by atoms with Crippen molar-refractivity contribution in [2.45, 2.75) is 19.3 Å². The molecule has 0 atom stereocenters. The van der Waals surface area contributed by atoms with E-state index in [1.54, 1.807) is 48.5 Å². The molecule has 134 valence electrons. The van der Waals surface area contributed by atoms with Gasteiger partial charge in [-0.25, -0.2) is 4.79 Å². The summed E-state index contributed by atoms with van der Waals surface area (Å²) in [5, 5.41) is 14.5. The second-order valence-corrected chi connectivity index (χ2v) is 6.35. The molecule has 1 aliphatic rings. The van der Waals surface area contributed by atoms with Gasteiger partial charge in [0.15, 0.2) is 0 Å². The topological polar surface area (TPSA) is 95.5 Å². The van der Waals surface area contributed by atoms with Gasteiger partial charge in [-0.3, -0.25) is 9.59 Å². The molecule has 0 bridgehead atoms. The van der Waals surface area contributed by atoms with Crippen LogP contribution in [0, 0.1) is 5.92 Å². The number of hydrogen-bond acceptors (Lipinski definition) is 3. The van der Waals surface area contributed by atoms with Crippen molar-refractivity contribution >= 4 is 23.5 Å². The number of amides is 2. The van der Waals surface area contributed by atoms with Crippen LogP contribution >= 0.6 is 0 Å². The Morgan fingerprint density at radius 1 is 0.923 bits per heavy atom. The van der Waals surface area contributed by atoms with E-state index in [9.17, 15) is 14.4 Å². The molecule has 3 rings (SSSR count). The van der Waals surface area contributed by atoms with Gasteiger partial charge in [-0.15, -0.1) is 0 Å². The van der Waals surface area contributed by atoms with Gasteiger partial charge >= 0.3 is 5.97 Å². The molecule has 0 aromatic heterocycles. The van der Waals surface area contributed by atoms with E-state index in [-0.39, 0.29) is 23.3 Å². The molecule has 0 radical (unpaired) electrons. The van der Waals surface area contributed by atoms with Gasteiger partial charge in [0.1, 0.15) is 0 Å². The molecule has 0 spiro atoms. The molecule has 6 nitrogen and oxygen atoms in total. The number of rotatable bonds is 7. The molecule has 0 heterocycles. The predicted octanol–water partition coefficient (Wildman–Crippen LogP) is 2.71. The van der Waals surface area contributed by atoms with Gasteiger partial charge in [0.2, 0.25) is 5.91 Å². The minimum atomic E-state index is -0.957. The van der Waals surface area contributed by atoms with E-state index in [0.29, 0.717) is 24.2 Å². The predicted molar refractivity (Wildman–Crippen MR) is 97.2 cm³/mol. The maximum absolute atomic E-state index is 12.2. The molecule has 1 saturated carbocycles. The summed E-state index contributed by atoms with van der Waals surface area (Å²) in [6.45, 7) is 0.450. The highest BCUT2D eigenvalue weighted by Crippen LogP contribution is 2.30. The fourth-order valence-corrected chi connectivity index (χ4v) is 2.53. The van der Waals surface area contributed by atoms with Crippen LogP contribution < -0.4 is 10.6 Å². The summed E-state index contributed by atoms with van der Waals surface area (Å²) in [7, 11) is 0. The molecule has 26 heavy (non-hydrogen) atoms. The lowest BCUT2D eigenvalue weighted by Crippen LogP contribution is -2.25. The SMILES string of the molecule is O=C(O)c1ccc(CCNC(=O)c2ccc(NC(=O)C3CC3)cc2)cc1. The number of carboxylic acids is 1. The van der Waals surface area contributed by atoms with E-state index < -0.39 is 5.97 Å². The first-order valence-electron chi connectivity index (χ1n) is 8.54. The number of carbonyl (C=O) groups is 3.